The minimum Gasteiger partial charge on any atom is -0.321 e. The Labute approximate surface area is 49.2 Å². The summed E-state index contributed by atoms with van der Waals surface area (Å²) in [5.41, 5.74) is 6.52. The molecule has 0 aliphatic heterocycles. The molecule has 2 N–H and O–H groups in total. The highest BCUT2D eigenvalue weighted by Crippen LogP contribution is 2.04. The van der Waals surface area contributed by atoms with E-state index in [9.17, 15) is 0 Å². The average Bonchev–Trinajstić information content (AvgIpc) is 1.77. The zero-order valence-electron chi connectivity index (χ0n) is 4.67. The highest BCUT2D eigenvalue weighted by Gasteiger charge is 1.99. The molecule has 0 amide bonds. The molecule has 1 atom stereocenters. The monoisotopic (exact) mass is 107 g/mol. The maximum Gasteiger partial charge on any atom is 0.0478 e. The van der Waals surface area contributed by atoms with Crippen molar-refractivity contribution in [3.8, 4) is 0 Å². The predicted octanol–water partition coefficient (Wildman–Crippen LogP) is 0.996. The van der Waals surface area contributed by atoms with Gasteiger partial charge in [-0.1, -0.05) is 30.9 Å². The summed E-state index contributed by atoms with van der Waals surface area (Å²) in [4.78, 5) is 0. The minimum absolute atomic E-state index is 0.0417. The van der Waals surface area contributed by atoms with Crippen molar-refractivity contribution in [3.05, 3.63) is 36.5 Å². The molecule has 0 aromatic rings. The lowest BCUT2D eigenvalue weighted by Gasteiger charge is -2.07. The van der Waals surface area contributed by atoms with E-state index in [1.54, 1.807) is 0 Å². The Morgan fingerprint density at radius 1 is 1.50 bits per heavy atom. The van der Waals surface area contributed by atoms with Gasteiger partial charge in [-0.05, 0) is 5.57 Å². The molecule has 0 radical (unpaired) electrons. The number of nitrogens with two attached hydrogens (primary N) is 1. The van der Waals surface area contributed by atoms with Crippen molar-refractivity contribution in [2.24, 2.45) is 5.73 Å². The van der Waals surface area contributed by atoms with Crippen molar-refractivity contribution < 1.29 is 0 Å². The largest absolute Gasteiger partial charge is 0.321 e. The number of allylic oxidation sites excluding steroid dienone is 2. The first-order valence-electron chi connectivity index (χ1n) is 2.60. The van der Waals surface area contributed by atoms with E-state index in [0.29, 0.717) is 0 Å². The van der Waals surface area contributed by atoms with Crippen molar-refractivity contribution in [2.75, 3.05) is 0 Å². The summed E-state index contributed by atoms with van der Waals surface area (Å²) in [6, 6.07) is 0.0417. The minimum atomic E-state index is 0.0417. The topological polar surface area (TPSA) is 26.0 Å². The van der Waals surface area contributed by atoms with Crippen LogP contribution in [0.2, 0.25) is 0 Å². The molecule has 0 saturated carbocycles. The zero-order chi connectivity index (χ0) is 5.98. The van der Waals surface area contributed by atoms with Crippen LogP contribution in [0.4, 0.5) is 0 Å². The van der Waals surface area contributed by atoms with Crippen molar-refractivity contribution in [3.63, 3.8) is 0 Å². The first kappa shape index (κ1) is 5.32. The van der Waals surface area contributed by atoms with Gasteiger partial charge in [0.25, 0.3) is 0 Å². The van der Waals surface area contributed by atoms with Gasteiger partial charge >= 0.3 is 0 Å². The molecule has 1 aliphatic carbocycles. The lowest BCUT2D eigenvalue weighted by Crippen LogP contribution is -2.18. The highest BCUT2D eigenvalue weighted by atomic mass is 14.6. The summed E-state index contributed by atoms with van der Waals surface area (Å²) in [6.07, 6.45) is 7.71. The van der Waals surface area contributed by atoms with Gasteiger partial charge in [0, 0.05) is 6.04 Å². The third-order valence-electron chi connectivity index (χ3n) is 1.17. The highest BCUT2D eigenvalue weighted by molar-refractivity contribution is 5.33. The van der Waals surface area contributed by atoms with Crippen LogP contribution in [0.5, 0.6) is 0 Å². The molecule has 1 unspecified atom stereocenters. The summed E-state index contributed by atoms with van der Waals surface area (Å²) in [6.45, 7) is 3.73. The molecule has 0 aromatic carbocycles. The van der Waals surface area contributed by atoms with Crippen molar-refractivity contribution in [2.45, 2.75) is 6.04 Å². The van der Waals surface area contributed by atoms with Gasteiger partial charge in [-0.2, -0.15) is 0 Å². The molecule has 0 saturated heterocycles. The van der Waals surface area contributed by atoms with E-state index in [0.717, 1.165) is 5.57 Å². The second kappa shape index (κ2) is 1.97. The van der Waals surface area contributed by atoms with E-state index in [1.165, 1.54) is 0 Å². The van der Waals surface area contributed by atoms with E-state index in [1.807, 2.05) is 24.3 Å². The molecule has 0 heterocycles. The lowest BCUT2D eigenvalue weighted by molar-refractivity contribution is 0.977. The third-order valence-corrected chi connectivity index (χ3v) is 1.17. The first-order valence-corrected chi connectivity index (χ1v) is 2.60. The Kier molecular flexibility index (Phi) is 1.31. The fourth-order valence-electron chi connectivity index (χ4n) is 0.598. The summed E-state index contributed by atoms with van der Waals surface area (Å²) < 4.78 is 0. The predicted molar refractivity (Wildman–Crippen MR) is 35.4 cm³/mol. The van der Waals surface area contributed by atoms with Crippen LogP contribution < -0.4 is 5.73 Å². The molecule has 0 spiro atoms. The van der Waals surface area contributed by atoms with E-state index in [-0.39, 0.29) is 6.04 Å². The van der Waals surface area contributed by atoms with Gasteiger partial charge in [-0.3, -0.25) is 0 Å². The van der Waals surface area contributed by atoms with Gasteiger partial charge in [0.1, 0.15) is 0 Å². The van der Waals surface area contributed by atoms with Crippen molar-refractivity contribution in [1.82, 2.24) is 0 Å². The fourth-order valence-corrected chi connectivity index (χ4v) is 0.598. The van der Waals surface area contributed by atoms with Gasteiger partial charge in [-0.25, -0.2) is 0 Å². The summed E-state index contributed by atoms with van der Waals surface area (Å²) in [5.74, 6) is 0. The van der Waals surface area contributed by atoms with Crippen molar-refractivity contribution in [1.29, 1.82) is 0 Å². The lowest BCUT2D eigenvalue weighted by atomic mass is 10.1. The molecule has 42 valence electrons. The van der Waals surface area contributed by atoms with E-state index in [2.05, 4.69) is 6.58 Å². The molecule has 0 fully saturated rings. The molecular formula is C7H9N. The second-order valence-electron chi connectivity index (χ2n) is 1.84. The van der Waals surface area contributed by atoms with Gasteiger partial charge < -0.3 is 5.73 Å². The molecule has 1 rings (SSSR count). The molecule has 1 nitrogen and oxygen atoms in total. The summed E-state index contributed by atoms with van der Waals surface area (Å²) >= 11 is 0. The fraction of sp³-hybridized carbons (Fsp3) is 0.143. The standard InChI is InChI=1S/C7H9N/c1-6-4-2-3-5-7(6)8/h2-5,7H,1,8H2. The molecule has 0 aromatic heterocycles. The summed E-state index contributed by atoms with van der Waals surface area (Å²) in [5, 5.41) is 0. The smallest absolute Gasteiger partial charge is 0.0478 e. The third kappa shape index (κ3) is 0.873. The van der Waals surface area contributed by atoms with E-state index in [4.69, 9.17) is 5.73 Å². The molecular weight excluding hydrogens is 98.1 g/mol. The molecule has 0 bridgehead atoms. The molecule has 1 heteroatoms. The quantitative estimate of drug-likeness (QED) is 0.491. The second-order valence-corrected chi connectivity index (χ2v) is 1.84. The zero-order valence-corrected chi connectivity index (χ0v) is 4.67. The van der Waals surface area contributed by atoms with Crippen LogP contribution in [0.1, 0.15) is 0 Å². The van der Waals surface area contributed by atoms with Crippen LogP contribution in [0.3, 0.4) is 0 Å². The number of hydrogen-bond donors (Lipinski definition) is 1. The maximum absolute atomic E-state index is 5.54. The summed E-state index contributed by atoms with van der Waals surface area (Å²) in [7, 11) is 0. The van der Waals surface area contributed by atoms with E-state index >= 15 is 0 Å². The van der Waals surface area contributed by atoms with Crippen molar-refractivity contribution >= 4 is 0 Å². The Morgan fingerprint density at radius 2 is 2.25 bits per heavy atom. The van der Waals surface area contributed by atoms with Gasteiger partial charge in [-0.15, -0.1) is 0 Å². The average molecular weight is 107 g/mol. The number of rotatable bonds is 0. The van der Waals surface area contributed by atoms with Gasteiger partial charge in [0.05, 0.1) is 0 Å². The van der Waals surface area contributed by atoms with Crippen LogP contribution in [-0.4, -0.2) is 6.04 Å². The SMILES string of the molecule is C=C1C=CC=CC1N. The van der Waals surface area contributed by atoms with Gasteiger partial charge in [0.2, 0.25) is 0 Å². The van der Waals surface area contributed by atoms with E-state index < -0.39 is 0 Å². The molecule has 1 aliphatic rings. The Bertz CT molecular complexity index is 154. The first-order chi connectivity index (χ1) is 3.80. The van der Waals surface area contributed by atoms with Crippen LogP contribution in [-0.2, 0) is 0 Å². The van der Waals surface area contributed by atoms with Crippen LogP contribution in [0, 0.1) is 0 Å². The Hall–Kier alpha value is -0.820. The normalized spacial score (nSPS) is 26.6. The maximum atomic E-state index is 5.54. The van der Waals surface area contributed by atoms with Crippen LogP contribution >= 0.6 is 0 Å². The Morgan fingerprint density at radius 3 is 2.62 bits per heavy atom. The van der Waals surface area contributed by atoms with Crippen LogP contribution in [0.15, 0.2) is 36.5 Å². The van der Waals surface area contributed by atoms with Crippen LogP contribution in [0.25, 0.3) is 0 Å². The van der Waals surface area contributed by atoms with Gasteiger partial charge in [0.15, 0.2) is 0 Å². The molecule has 8 heavy (non-hydrogen) atoms. The number of hydrogen-bond acceptors (Lipinski definition) is 1. The Balaban J connectivity index is 2.74.